The first-order valence-electron chi connectivity index (χ1n) is 12.1. The Hall–Kier alpha value is -4.92. The number of fused-ring (bicyclic) bond motifs is 2. The molecule has 8 nitrogen and oxygen atoms in total. The van der Waals surface area contributed by atoms with Crippen molar-refractivity contribution in [2.24, 2.45) is 5.41 Å². The van der Waals surface area contributed by atoms with Gasteiger partial charge < -0.3 is 10.3 Å². The van der Waals surface area contributed by atoms with Crippen molar-refractivity contribution in [1.29, 1.82) is 0 Å². The molecule has 6 rings (SSSR count). The highest BCUT2D eigenvalue weighted by atomic mass is 19.1. The number of benzene rings is 1. The van der Waals surface area contributed by atoms with E-state index in [0.29, 0.717) is 11.4 Å². The molecule has 0 spiro atoms. The Morgan fingerprint density at radius 3 is 2.45 bits per heavy atom. The van der Waals surface area contributed by atoms with Gasteiger partial charge in [-0.25, -0.2) is 4.39 Å². The number of carbonyl (C=O) groups is 1. The molecule has 38 heavy (non-hydrogen) atoms. The lowest BCUT2D eigenvalue weighted by Gasteiger charge is -2.17. The minimum atomic E-state index is -0.523. The number of aromatic amines is 2. The topological polar surface area (TPSA) is 112 Å². The summed E-state index contributed by atoms with van der Waals surface area (Å²) in [4.78, 5) is 29.3. The van der Waals surface area contributed by atoms with E-state index in [4.69, 9.17) is 0 Å². The number of carbonyl (C=O) groups excluding carboxylic acids is 1. The van der Waals surface area contributed by atoms with Crippen molar-refractivity contribution in [2.75, 3.05) is 5.32 Å². The van der Waals surface area contributed by atoms with Crippen molar-refractivity contribution in [2.45, 2.75) is 20.8 Å². The van der Waals surface area contributed by atoms with Crippen LogP contribution >= 0.6 is 0 Å². The number of pyridine rings is 3. The Kier molecular flexibility index (Phi) is 5.48. The fraction of sp³-hybridized carbons (Fsp3) is 0.138. The van der Waals surface area contributed by atoms with Gasteiger partial charge in [0, 0.05) is 45.2 Å². The molecule has 3 N–H and O–H groups in total. The molecule has 0 aliphatic rings. The van der Waals surface area contributed by atoms with E-state index in [0.717, 1.165) is 50.0 Å². The summed E-state index contributed by atoms with van der Waals surface area (Å²) in [7, 11) is 0. The smallest absolute Gasteiger partial charge is 0.229 e. The third kappa shape index (κ3) is 4.28. The average molecular weight is 506 g/mol. The maximum absolute atomic E-state index is 13.5. The zero-order valence-corrected chi connectivity index (χ0v) is 21.0. The van der Waals surface area contributed by atoms with E-state index in [2.05, 4.69) is 35.5 Å². The summed E-state index contributed by atoms with van der Waals surface area (Å²) in [6, 6.07) is 14.0. The fourth-order valence-electron chi connectivity index (χ4n) is 4.27. The number of aromatic nitrogens is 6. The Morgan fingerprint density at radius 1 is 0.868 bits per heavy atom. The number of halogens is 1. The van der Waals surface area contributed by atoms with E-state index >= 15 is 0 Å². The van der Waals surface area contributed by atoms with Gasteiger partial charge >= 0.3 is 0 Å². The van der Waals surface area contributed by atoms with Crippen LogP contribution in [0.25, 0.3) is 55.7 Å². The van der Waals surface area contributed by atoms with Crippen LogP contribution in [0.15, 0.2) is 73.3 Å². The van der Waals surface area contributed by atoms with Gasteiger partial charge in [0.15, 0.2) is 0 Å². The molecule has 0 unspecified atom stereocenters. The second-order valence-electron chi connectivity index (χ2n) is 10.2. The Bertz CT molecular complexity index is 1810. The summed E-state index contributed by atoms with van der Waals surface area (Å²) in [5, 5.41) is 12.3. The quantitative estimate of drug-likeness (QED) is 0.258. The van der Waals surface area contributed by atoms with Crippen molar-refractivity contribution in [3.8, 4) is 33.9 Å². The van der Waals surface area contributed by atoms with Gasteiger partial charge in [-0.1, -0.05) is 20.8 Å². The van der Waals surface area contributed by atoms with Crippen molar-refractivity contribution in [1.82, 2.24) is 30.1 Å². The van der Waals surface area contributed by atoms with E-state index in [-0.39, 0.29) is 11.7 Å². The van der Waals surface area contributed by atoms with E-state index in [9.17, 15) is 9.18 Å². The van der Waals surface area contributed by atoms with Crippen LogP contribution in [0.4, 0.5) is 10.1 Å². The molecule has 9 heteroatoms. The van der Waals surface area contributed by atoms with E-state index in [1.54, 1.807) is 36.9 Å². The molecule has 6 aromatic rings. The maximum atomic E-state index is 13.5. The number of H-pyrrole nitrogens is 2. The average Bonchev–Trinajstić information content (AvgIpc) is 3.52. The predicted molar refractivity (Wildman–Crippen MR) is 146 cm³/mol. The molecule has 0 aliphatic carbocycles. The molecule has 188 valence electrons. The summed E-state index contributed by atoms with van der Waals surface area (Å²) in [5.74, 6) is -0.384. The molecular formula is C29H24FN7O. The minimum absolute atomic E-state index is 0.0923. The minimum Gasteiger partial charge on any atom is -0.353 e. The molecule has 0 atom stereocenters. The van der Waals surface area contributed by atoms with Crippen molar-refractivity contribution < 1.29 is 9.18 Å². The number of hydrogen-bond donors (Lipinski definition) is 3. The lowest BCUT2D eigenvalue weighted by Crippen LogP contribution is -2.27. The summed E-state index contributed by atoms with van der Waals surface area (Å²) in [5.41, 5.74) is 6.35. The highest BCUT2D eigenvalue weighted by Crippen LogP contribution is 2.34. The fourth-order valence-corrected chi connectivity index (χ4v) is 4.27. The molecule has 0 aliphatic heterocycles. The summed E-state index contributed by atoms with van der Waals surface area (Å²) in [6.45, 7) is 5.58. The van der Waals surface area contributed by atoms with E-state index in [1.165, 1.54) is 12.1 Å². The largest absolute Gasteiger partial charge is 0.353 e. The van der Waals surface area contributed by atoms with Gasteiger partial charge in [-0.15, -0.1) is 0 Å². The van der Waals surface area contributed by atoms with Crippen molar-refractivity contribution >= 4 is 33.4 Å². The lowest BCUT2D eigenvalue weighted by molar-refractivity contribution is -0.123. The zero-order valence-electron chi connectivity index (χ0n) is 21.0. The molecule has 0 radical (unpaired) electrons. The number of anilines is 1. The number of nitrogens with one attached hydrogen (secondary N) is 3. The number of hydrogen-bond acceptors (Lipinski definition) is 5. The molecule has 0 bridgehead atoms. The highest BCUT2D eigenvalue weighted by molar-refractivity contribution is 6.00. The van der Waals surface area contributed by atoms with Gasteiger partial charge in [-0.3, -0.25) is 24.8 Å². The molecular weight excluding hydrogens is 481 g/mol. The first kappa shape index (κ1) is 23.5. The molecule has 0 saturated carbocycles. The standard InChI is InChI=1S/C29H24FN7O/c1-29(2,3)28(38)34-19-10-17(13-31-14-19)23-11-21-25(15-33-23)36-37-27(21)24-12-20-22(35-24)8-9-32-26(20)16-4-6-18(30)7-5-16/h4-15,35H,1-3H3,(H,34,38)(H,36,37). The summed E-state index contributed by atoms with van der Waals surface area (Å²) < 4.78 is 13.5. The lowest BCUT2D eigenvalue weighted by atomic mass is 9.95. The molecule has 0 fully saturated rings. The third-order valence-corrected chi connectivity index (χ3v) is 6.34. The van der Waals surface area contributed by atoms with Gasteiger partial charge in [0.05, 0.1) is 40.7 Å². The number of rotatable bonds is 4. The molecule has 5 aromatic heterocycles. The highest BCUT2D eigenvalue weighted by Gasteiger charge is 2.21. The van der Waals surface area contributed by atoms with Crippen LogP contribution in [0.3, 0.4) is 0 Å². The summed E-state index contributed by atoms with van der Waals surface area (Å²) in [6.07, 6.45) is 6.79. The van der Waals surface area contributed by atoms with Crippen LogP contribution in [-0.4, -0.2) is 36.0 Å². The van der Waals surface area contributed by atoms with Gasteiger partial charge in [0.2, 0.25) is 5.91 Å². The van der Waals surface area contributed by atoms with Gasteiger partial charge in [-0.05, 0) is 48.5 Å². The van der Waals surface area contributed by atoms with Crippen molar-refractivity contribution in [3.63, 3.8) is 0 Å². The predicted octanol–water partition coefficient (Wildman–Crippen LogP) is 6.35. The van der Waals surface area contributed by atoms with Gasteiger partial charge in [0.1, 0.15) is 11.5 Å². The monoisotopic (exact) mass is 505 g/mol. The normalized spacial score (nSPS) is 11.8. The van der Waals surface area contributed by atoms with Crippen molar-refractivity contribution in [3.05, 3.63) is 79.1 Å². The SMILES string of the molecule is CC(C)(C)C(=O)Nc1cncc(-c2cc3c(-c4cc5c(-c6ccc(F)cc6)nccc5[nH]4)n[nH]c3cn2)c1. The first-order valence-corrected chi connectivity index (χ1v) is 12.1. The Morgan fingerprint density at radius 2 is 1.66 bits per heavy atom. The summed E-state index contributed by atoms with van der Waals surface area (Å²) >= 11 is 0. The van der Waals surface area contributed by atoms with Crippen LogP contribution in [-0.2, 0) is 4.79 Å². The number of nitrogens with zero attached hydrogens (tertiary/aromatic N) is 4. The zero-order chi connectivity index (χ0) is 26.4. The third-order valence-electron chi connectivity index (χ3n) is 6.34. The molecule has 1 amide bonds. The van der Waals surface area contributed by atoms with Crippen LogP contribution in [0.5, 0.6) is 0 Å². The second-order valence-corrected chi connectivity index (χ2v) is 10.2. The first-order chi connectivity index (χ1) is 18.3. The van der Waals surface area contributed by atoms with Gasteiger partial charge in [-0.2, -0.15) is 5.10 Å². The molecule has 1 aromatic carbocycles. The Balaban J connectivity index is 1.39. The van der Waals surface area contributed by atoms with Gasteiger partial charge in [0.25, 0.3) is 0 Å². The number of amides is 1. The molecule has 5 heterocycles. The van der Waals surface area contributed by atoms with Crippen LogP contribution in [0.1, 0.15) is 20.8 Å². The second kappa shape index (κ2) is 8.88. The van der Waals surface area contributed by atoms with E-state index in [1.807, 2.05) is 45.0 Å². The Labute approximate surface area is 217 Å². The van der Waals surface area contributed by atoms with E-state index < -0.39 is 5.41 Å². The van der Waals surface area contributed by atoms with Crippen LogP contribution in [0.2, 0.25) is 0 Å². The van der Waals surface area contributed by atoms with Crippen LogP contribution in [0, 0.1) is 11.2 Å². The van der Waals surface area contributed by atoms with Crippen LogP contribution < -0.4 is 5.32 Å². The maximum Gasteiger partial charge on any atom is 0.229 e. The molecule has 0 saturated heterocycles.